The lowest BCUT2D eigenvalue weighted by molar-refractivity contribution is -0.176. The first-order chi connectivity index (χ1) is 7.18. The van der Waals surface area contributed by atoms with Crippen molar-refractivity contribution in [3.63, 3.8) is 0 Å². The van der Waals surface area contributed by atoms with Crippen LogP contribution < -0.4 is 0 Å². The molecule has 0 aliphatic carbocycles. The number of carbonyl (C=O) groups is 1. The van der Waals surface area contributed by atoms with Gasteiger partial charge in [0, 0.05) is 0 Å². The Morgan fingerprint density at radius 3 is 2.60 bits per heavy atom. The number of halogens is 1. The molecule has 1 saturated heterocycles. The van der Waals surface area contributed by atoms with Crippen molar-refractivity contribution in [1.29, 1.82) is 0 Å². The van der Waals surface area contributed by atoms with Crippen LogP contribution in [0.15, 0.2) is 30.3 Å². The first-order valence-electron chi connectivity index (χ1n) is 4.85. The van der Waals surface area contributed by atoms with Crippen LogP contribution in [-0.2, 0) is 16.2 Å². The average Bonchev–Trinajstić information content (AvgIpc) is 2.48. The highest BCUT2D eigenvalue weighted by molar-refractivity contribution is 9.10. The molecule has 0 N–H and O–H groups in total. The van der Waals surface area contributed by atoms with Crippen molar-refractivity contribution in [3.05, 3.63) is 35.9 Å². The average molecular weight is 270 g/mol. The monoisotopic (exact) mass is 269 g/mol. The highest BCUT2D eigenvalue weighted by Crippen LogP contribution is 2.24. The molecule has 1 fully saturated rings. The van der Waals surface area contributed by atoms with Crippen molar-refractivity contribution < 1.29 is 9.63 Å². The Morgan fingerprint density at radius 2 is 2.07 bits per heavy atom. The van der Waals surface area contributed by atoms with Gasteiger partial charge in [0.15, 0.2) is 0 Å². The third kappa shape index (κ3) is 2.21. The molecule has 0 amide bonds. The Bertz CT molecular complexity index is 355. The van der Waals surface area contributed by atoms with Gasteiger partial charge in [-0.15, -0.1) is 5.06 Å². The summed E-state index contributed by atoms with van der Waals surface area (Å²) in [5.74, 6) is -0.210. The maximum atomic E-state index is 11.3. The van der Waals surface area contributed by atoms with E-state index in [0.717, 1.165) is 5.56 Å². The van der Waals surface area contributed by atoms with Gasteiger partial charge in [0.1, 0.15) is 4.83 Å². The van der Waals surface area contributed by atoms with Gasteiger partial charge < -0.3 is 4.84 Å². The number of hydroxylamine groups is 2. The molecule has 80 valence electrons. The molecule has 0 bridgehead atoms. The molecular weight excluding hydrogens is 258 g/mol. The predicted octanol–water partition coefficient (Wildman–Crippen LogP) is 2.11. The fourth-order valence-electron chi connectivity index (χ4n) is 1.53. The van der Waals surface area contributed by atoms with E-state index in [0.29, 0.717) is 6.54 Å². The Balaban J connectivity index is 2.05. The van der Waals surface area contributed by atoms with E-state index in [-0.39, 0.29) is 16.8 Å². The van der Waals surface area contributed by atoms with Gasteiger partial charge >= 0.3 is 5.97 Å². The van der Waals surface area contributed by atoms with Crippen molar-refractivity contribution in [2.45, 2.75) is 24.3 Å². The SMILES string of the molecule is C[C@H]1[C@H](Br)C(=O)ON1Cc1ccccc1. The van der Waals surface area contributed by atoms with Gasteiger partial charge in [-0.05, 0) is 12.5 Å². The number of hydrogen-bond donors (Lipinski definition) is 0. The lowest BCUT2D eigenvalue weighted by Crippen LogP contribution is -2.28. The number of nitrogens with zero attached hydrogens (tertiary/aromatic N) is 1. The van der Waals surface area contributed by atoms with Gasteiger partial charge in [-0.1, -0.05) is 46.3 Å². The zero-order chi connectivity index (χ0) is 10.8. The Kier molecular flexibility index (Phi) is 3.07. The molecule has 4 heteroatoms. The normalized spacial score (nSPS) is 26.7. The van der Waals surface area contributed by atoms with Crippen molar-refractivity contribution >= 4 is 21.9 Å². The van der Waals surface area contributed by atoms with Gasteiger partial charge in [0.05, 0.1) is 12.6 Å². The summed E-state index contributed by atoms with van der Waals surface area (Å²) in [7, 11) is 0. The molecular formula is C11H12BrNO2. The maximum Gasteiger partial charge on any atom is 0.340 e. The molecule has 1 aromatic rings. The first-order valence-corrected chi connectivity index (χ1v) is 5.76. The molecule has 0 saturated carbocycles. The number of alkyl halides is 1. The van der Waals surface area contributed by atoms with Crippen LogP contribution in [0.2, 0.25) is 0 Å². The van der Waals surface area contributed by atoms with E-state index >= 15 is 0 Å². The standard InChI is InChI=1S/C11H12BrNO2/c1-8-10(12)11(14)15-13(8)7-9-5-3-2-4-6-9/h2-6,8,10H,7H2,1H3/t8-,10-/m0/s1. The second-order valence-electron chi connectivity index (χ2n) is 3.61. The summed E-state index contributed by atoms with van der Waals surface area (Å²) in [4.78, 5) is 16.2. The molecule has 2 rings (SSSR count). The van der Waals surface area contributed by atoms with Crippen molar-refractivity contribution in [3.8, 4) is 0 Å². The van der Waals surface area contributed by atoms with Gasteiger partial charge in [0.2, 0.25) is 0 Å². The molecule has 1 aliphatic heterocycles. The lowest BCUT2D eigenvalue weighted by Gasteiger charge is -2.18. The van der Waals surface area contributed by atoms with E-state index in [9.17, 15) is 4.79 Å². The maximum absolute atomic E-state index is 11.3. The van der Waals surface area contributed by atoms with Crippen LogP contribution in [0.25, 0.3) is 0 Å². The van der Waals surface area contributed by atoms with Crippen LogP contribution in [0.3, 0.4) is 0 Å². The molecule has 0 aromatic heterocycles. The summed E-state index contributed by atoms with van der Waals surface area (Å²) in [5, 5.41) is 1.71. The van der Waals surface area contributed by atoms with E-state index in [2.05, 4.69) is 15.9 Å². The van der Waals surface area contributed by atoms with Crippen LogP contribution in [0.5, 0.6) is 0 Å². The summed E-state index contributed by atoms with van der Waals surface area (Å²) in [6.07, 6.45) is 0. The minimum absolute atomic E-state index is 0.0673. The molecule has 2 atom stereocenters. The van der Waals surface area contributed by atoms with Crippen LogP contribution in [0, 0.1) is 0 Å². The van der Waals surface area contributed by atoms with Crippen LogP contribution in [0.4, 0.5) is 0 Å². The molecule has 1 heterocycles. The second kappa shape index (κ2) is 4.33. The van der Waals surface area contributed by atoms with Crippen LogP contribution in [0.1, 0.15) is 12.5 Å². The minimum Gasteiger partial charge on any atom is -0.366 e. The first kappa shape index (κ1) is 10.6. The number of benzene rings is 1. The Labute approximate surface area is 97.1 Å². The fourth-order valence-corrected chi connectivity index (χ4v) is 1.88. The molecule has 1 aromatic carbocycles. The summed E-state index contributed by atoms with van der Waals surface area (Å²) in [5.41, 5.74) is 1.14. The highest BCUT2D eigenvalue weighted by Gasteiger charge is 2.38. The smallest absolute Gasteiger partial charge is 0.340 e. The van der Waals surface area contributed by atoms with Gasteiger partial charge in [0.25, 0.3) is 0 Å². The van der Waals surface area contributed by atoms with Crippen molar-refractivity contribution in [2.75, 3.05) is 0 Å². The fraction of sp³-hybridized carbons (Fsp3) is 0.364. The zero-order valence-electron chi connectivity index (χ0n) is 8.39. The number of rotatable bonds is 2. The minimum atomic E-state index is -0.221. The van der Waals surface area contributed by atoms with E-state index in [1.807, 2.05) is 37.3 Å². The summed E-state index contributed by atoms with van der Waals surface area (Å²) >= 11 is 3.31. The molecule has 0 radical (unpaired) electrons. The van der Waals surface area contributed by atoms with Gasteiger partial charge in [-0.2, -0.15) is 0 Å². The summed E-state index contributed by atoms with van der Waals surface area (Å²) in [6, 6.07) is 10.0. The molecule has 1 aliphatic rings. The third-order valence-electron chi connectivity index (χ3n) is 2.49. The quantitative estimate of drug-likeness (QED) is 0.771. The zero-order valence-corrected chi connectivity index (χ0v) is 9.98. The lowest BCUT2D eigenvalue weighted by atomic mass is 10.2. The van der Waals surface area contributed by atoms with Crippen LogP contribution >= 0.6 is 15.9 Å². The van der Waals surface area contributed by atoms with E-state index in [1.165, 1.54) is 0 Å². The predicted molar refractivity (Wildman–Crippen MR) is 60.3 cm³/mol. The number of carbonyl (C=O) groups excluding carboxylic acids is 1. The van der Waals surface area contributed by atoms with Crippen LogP contribution in [-0.4, -0.2) is 21.9 Å². The van der Waals surface area contributed by atoms with E-state index < -0.39 is 0 Å². The molecule has 0 spiro atoms. The molecule has 15 heavy (non-hydrogen) atoms. The summed E-state index contributed by atoms with van der Waals surface area (Å²) < 4.78 is 0. The highest BCUT2D eigenvalue weighted by atomic mass is 79.9. The van der Waals surface area contributed by atoms with Gasteiger partial charge in [-0.3, -0.25) is 0 Å². The van der Waals surface area contributed by atoms with Gasteiger partial charge in [-0.25, -0.2) is 4.79 Å². The Hall–Kier alpha value is -0.870. The molecule has 3 nitrogen and oxygen atoms in total. The van der Waals surface area contributed by atoms with E-state index in [4.69, 9.17) is 4.84 Å². The Morgan fingerprint density at radius 1 is 1.40 bits per heavy atom. The molecule has 0 unspecified atom stereocenters. The second-order valence-corrected chi connectivity index (χ2v) is 4.60. The summed E-state index contributed by atoms with van der Waals surface area (Å²) in [6.45, 7) is 2.60. The topological polar surface area (TPSA) is 29.5 Å². The largest absolute Gasteiger partial charge is 0.366 e. The number of hydrogen-bond acceptors (Lipinski definition) is 3. The van der Waals surface area contributed by atoms with Crippen molar-refractivity contribution in [2.24, 2.45) is 0 Å². The van der Waals surface area contributed by atoms with E-state index in [1.54, 1.807) is 5.06 Å². The third-order valence-corrected chi connectivity index (χ3v) is 3.63. The van der Waals surface area contributed by atoms with Crippen molar-refractivity contribution in [1.82, 2.24) is 5.06 Å².